The molecule has 1 unspecified atom stereocenters. The number of benzene rings is 2. The Labute approximate surface area is 217 Å². The predicted octanol–water partition coefficient (Wildman–Crippen LogP) is 7.04. The highest BCUT2D eigenvalue weighted by atomic mass is 32.1. The zero-order valence-electron chi connectivity index (χ0n) is 21.8. The van der Waals surface area contributed by atoms with Crippen molar-refractivity contribution in [2.45, 2.75) is 71.4 Å². The number of carbonyl (C=O) groups excluding carboxylic acids is 1. The molecule has 36 heavy (non-hydrogen) atoms. The third kappa shape index (κ3) is 6.96. The minimum absolute atomic E-state index is 0.00172. The number of hydrogen-bond donors (Lipinski definition) is 0. The Kier molecular flexibility index (Phi) is 8.49. The molecular weight excluding hydrogens is 476 g/mol. The van der Waals surface area contributed by atoms with E-state index in [1.807, 2.05) is 63.2 Å². The number of thiazole rings is 1. The molecule has 1 saturated heterocycles. The van der Waals surface area contributed by atoms with Gasteiger partial charge in [-0.2, -0.15) is 0 Å². The number of hydrogen-bond acceptors (Lipinski definition) is 7. The van der Waals surface area contributed by atoms with E-state index in [-0.39, 0.29) is 18.5 Å². The van der Waals surface area contributed by atoms with E-state index in [1.54, 1.807) is 18.4 Å². The van der Waals surface area contributed by atoms with Gasteiger partial charge in [0.05, 0.1) is 16.3 Å². The molecule has 194 valence electrons. The average Bonchev–Trinajstić information content (AvgIpc) is 3.29. The van der Waals surface area contributed by atoms with Crippen molar-refractivity contribution in [3.63, 3.8) is 0 Å². The van der Waals surface area contributed by atoms with Crippen molar-refractivity contribution in [1.29, 1.82) is 0 Å². The van der Waals surface area contributed by atoms with Crippen LogP contribution in [0, 0.1) is 0 Å². The monoisotopic (exact) mass is 512 g/mol. The molecule has 0 spiro atoms. The van der Waals surface area contributed by atoms with Crippen LogP contribution < -0.4 is 9.64 Å². The summed E-state index contributed by atoms with van der Waals surface area (Å²) in [6.45, 7) is 8.93. The van der Waals surface area contributed by atoms with Gasteiger partial charge < -0.3 is 18.9 Å². The standard InChI is InChI=1S/C28H36N2O5S/c1-6-21(34-25-9-7-8-16-32-25)18-33-22-14-15-23-24(17-22)36-26(29-23)19-10-12-20(13-11-19)30(5)27(31)35-28(2,3)4/h10-15,17,21,25H,6-9,16,18H2,1-5H3/t21-,25?/m0/s1. The molecule has 4 rings (SSSR count). The van der Waals surface area contributed by atoms with Crippen molar-refractivity contribution in [2.75, 3.05) is 25.2 Å². The van der Waals surface area contributed by atoms with Crippen molar-refractivity contribution in [2.24, 2.45) is 0 Å². The maximum atomic E-state index is 12.3. The smallest absolute Gasteiger partial charge is 0.414 e. The van der Waals surface area contributed by atoms with Gasteiger partial charge in [-0.1, -0.05) is 6.92 Å². The van der Waals surface area contributed by atoms with Crippen LogP contribution in [-0.4, -0.2) is 49.3 Å². The van der Waals surface area contributed by atoms with E-state index in [0.29, 0.717) is 6.61 Å². The summed E-state index contributed by atoms with van der Waals surface area (Å²) in [5.74, 6) is 0.804. The highest BCUT2D eigenvalue weighted by Crippen LogP contribution is 2.33. The molecule has 1 aromatic heterocycles. The molecule has 0 N–H and O–H groups in total. The van der Waals surface area contributed by atoms with Crippen LogP contribution in [-0.2, 0) is 14.2 Å². The molecule has 1 amide bonds. The number of nitrogens with zero attached hydrogens (tertiary/aromatic N) is 2. The summed E-state index contributed by atoms with van der Waals surface area (Å²) in [5.41, 5.74) is 2.14. The lowest BCUT2D eigenvalue weighted by Gasteiger charge is -2.27. The first-order valence-corrected chi connectivity index (χ1v) is 13.4. The van der Waals surface area contributed by atoms with E-state index in [9.17, 15) is 4.79 Å². The van der Waals surface area contributed by atoms with Crippen LogP contribution in [0.5, 0.6) is 5.75 Å². The Hall–Kier alpha value is -2.68. The maximum Gasteiger partial charge on any atom is 0.414 e. The Bertz CT molecular complexity index is 1150. The van der Waals surface area contributed by atoms with Gasteiger partial charge >= 0.3 is 6.09 Å². The first-order chi connectivity index (χ1) is 17.2. The van der Waals surface area contributed by atoms with E-state index in [1.165, 1.54) is 4.90 Å². The van der Waals surface area contributed by atoms with Gasteiger partial charge in [0.2, 0.25) is 0 Å². The summed E-state index contributed by atoms with van der Waals surface area (Å²) in [7, 11) is 1.71. The molecule has 2 aromatic carbocycles. The van der Waals surface area contributed by atoms with Crippen LogP contribution >= 0.6 is 11.3 Å². The van der Waals surface area contributed by atoms with Crippen molar-refractivity contribution in [1.82, 2.24) is 4.98 Å². The maximum absolute atomic E-state index is 12.3. The molecule has 0 radical (unpaired) electrons. The van der Waals surface area contributed by atoms with Crippen LogP contribution in [0.2, 0.25) is 0 Å². The topological polar surface area (TPSA) is 70.1 Å². The lowest BCUT2D eigenvalue weighted by molar-refractivity contribution is -0.193. The number of amides is 1. The number of aromatic nitrogens is 1. The first kappa shape index (κ1) is 26.4. The Morgan fingerprint density at radius 1 is 1.19 bits per heavy atom. The molecular formula is C28H36N2O5S. The zero-order chi connectivity index (χ0) is 25.7. The summed E-state index contributed by atoms with van der Waals surface area (Å²) in [6, 6.07) is 13.7. The van der Waals surface area contributed by atoms with Gasteiger partial charge in [-0.15, -0.1) is 11.3 Å². The SMILES string of the molecule is CC[C@@H](COc1ccc2nc(-c3ccc(N(C)C(=O)OC(C)(C)C)cc3)sc2c1)OC1CCCCO1. The zero-order valence-corrected chi connectivity index (χ0v) is 22.6. The third-order valence-corrected chi connectivity index (χ3v) is 6.97. The highest BCUT2D eigenvalue weighted by Gasteiger charge is 2.21. The number of rotatable bonds is 8. The van der Waals surface area contributed by atoms with Crippen molar-refractivity contribution >= 4 is 33.3 Å². The van der Waals surface area contributed by atoms with E-state index in [2.05, 4.69) is 6.92 Å². The highest BCUT2D eigenvalue weighted by molar-refractivity contribution is 7.21. The molecule has 1 fully saturated rings. The minimum Gasteiger partial charge on any atom is -0.491 e. The van der Waals surface area contributed by atoms with Gasteiger partial charge in [-0.05, 0) is 88.9 Å². The molecule has 0 bridgehead atoms. The number of ether oxygens (including phenoxy) is 4. The van der Waals surface area contributed by atoms with E-state index in [4.69, 9.17) is 23.9 Å². The lowest BCUT2D eigenvalue weighted by atomic mass is 10.2. The molecule has 8 heteroatoms. The van der Waals surface area contributed by atoms with Gasteiger partial charge in [-0.3, -0.25) is 4.90 Å². The fraction of sp³-hybridized carbons (Fsp3) is 0.500. The van der Waals surface area contributed by atoms with Crippen molar-refractivity contribution in [3.8, 4) is 16.3 Å². The van der Waals surface area contributed by atoms with Gasteiger partial charge in [0, 0.05) is 24.9 Å². The lowest BCUT2D eigenvalue weighted by Crippen LogP contribution is -2.34. The van der Waals surface area contributed by atoms with Crippen molar-refractivity contribution < 1.29 is 23.7 Å². The number of fused-ring (bicyclic) bond motifs is 1. The molecule has 1 aliphatic rings. The quantitative estimate of drug-likeness (QED) is 0.323. The molecule has 7 nitrogen and oxygen atoms in total. The summed E-state index contributed by atoms with van der Waals surface area (Å²) in [4.78, 5) is 18.6. The molecule has 1 aliphatic heterocycles. The number of carbonyl (C=O) groups is 1. The molecule has 2 atom stereocenters. The van der Waals surface area contributed by atoms with Gasteiger partial charge in [-0.25, -0.2) is 9.78 Å². The first-order valence-electron chi connectivity index (χ1n) is 12.6. The second-order valence-electron chi connectivity index (χ2n) is 10.0. The third-order valence-electron chi connectivity index (χ3n) is 5.90. The summed E-state index contributed by atoms with van der Waals surface area (Å²) in [5, 5.41) is 0.915. The largest absolute Gasteiger partial charge is 0.491 e. The molecule has 2 heterocycles. The second-order valence-corrected chi connectivity index (χ2v) is 11.0. The molecule has 0 saturated carbocycles. The summed E-state index contributed by atoms with van der Waals surface area (Å²) < 4.78 is 24.4. The van der Waals surface area contributed by atoms with Gasteiger partial charge in [0.15, 0.2) is 6.29 Å². The van der Waals surface area contributed by atoms with Crippen LogP contribution in [0.3, 0.4) is 0 Å². The van der Waals surface area contributed by atoms with Crippen LogP contribution in [0.1, 0.15) is 53.4 Å². The normalized spacial score (nSPS) is 17.1. The minimum atomic E-state index is -0.539. The average molecular weight is 513 g/mol. The fourth-order valence-electron chi connectivity index (χ4n) is 3.86. The van der Waals surface area contributed by atoms with Gasteiger partial charge in [0.25, 0.3) is 0 Å². The van der Waals surface area contributed by atoms with Crippen LogP contribution in [0.15, 0.2) is 42.5 Å². The Balaban J connectivity index is 1.39. The number of anilines is 1. The summed E-state index contributed by atoms with van der Waals surface area (Å²) in [6.07, 6.45) is 3.57. The molecule has 0 aliphatic carbocycles. The summed E-state index contributed by atoms with van der Waals surface area (Å²) >= 11 is 1.61. The van der Waals surface area contributed by atoms with E-state index < -0.39 is 5.60 Å². The molecule has 3 aromatic rings. The van der Waals surface area contributed by atoms with Crippen LogP contribution in [0.25, 0.3) is 20.8 Å². The van der Waals surface area contributed by atoms with Crippen LogP contribution in [0.4, 0.5) is 10.5 Å². The predicted molar refractivity (Wildman–Crippen MR) is 144 cm³/mol. The second kappa shape index (κ2) is 11.6. The Morgan fingerprint density at radius 2 is 1.97 bits per heavy atom. The fourth-order valence-corrected chi connectivity index (χ4v) is 4.86. The Morgan fingerprint density at radius 3 is 2.64 bits per heavy atom. The van der Waals surface area contributed by atoms with E-state index in [0.717, 1.165) is 64.5 Å². The van der Waals surface area contributed by atoms with Crippen molar-refractivity contribution in [3.05, 3.63) is 42.5 Å². The van der Waals surface area contributed by atoms with Gasteiger partial charge in [0.1, 0.15) is 23.0 Å². The van der Waals surface area contributed by atoms with E-state index >= 15 is 0 Å².